The number of benzene rings is 2. The van der Waals surface area contributed by atoms with Crippen molar-refractivity contribution in [1.82, 2.24) is 0 Å². The van der Waals surface area contributed by atoms with Gasteiger partial charge in [-0.1, -0.05) is 6.07 Å². The van der Waals surface area contributed by atoms with Gasteiger partial charge in [0, 0.05) is 12.0 Å². The molecule has 0 aliphatic rings. The standard InChI is InChI=1S/C18H20O5/c1-21-16-8-5-12(10-15(16)20)4-7-14(19)13-6-9-17(22-2)18(11-13)23-3/h5-6,8-11,20H,4,7H2,1-3H3. The second-order valence-electron chi connectivity index (χ2n) is 5.00. The number of aromatic hydroxyl groups is 1. The van der Waals surface area contributed by atoms with E-state index in [2.05, 4.69) is 0 Å². The molecular formula is C18H20O5. The van der Waals surface area contributed by atoms with Crippen LogP contribution in [0.5, 0.6) is 23.0 Å². The van der Waals surface area contributed by atoms with Crippen molar-refractivity contribution in [3.05, 3.63) is 47.5 Å². The molecule has 1 N–H and O–H groups in total. The molecule has 2 rings (SSSR count). The van der Waals surface area contributed by atoms with Gasteiger partial charge < -0.3 is 19.3 Å². The van der Waals surface area contributed by atoms with E-state index in [1.165, 1.54) is 14.2 Å². The van der Waals surface area contributed by atoms with Crippen molar-refractivity contribution >= 4 is 5.78 Å². The van der Waals surface area contributed by atoms with Crippen LogP contribution in [-0.4, -0.2) is 32.2 Å². The number of phenolic OH excluding ortho intramolecular Hbond substituents is 1. The minimum Gasteiger partial charge on any atom is -0.504 e. The molecule has 0 bridgehead atoms. The third kappa shape index (κ3) is 3.94. The van der Waals surface area contributed by atoms with Crippen LogP contribution in [-0.2, 0) is 6.42 Å². The monoisotopic (exact) mass is 316 g/mol. The van der Waals surface area contributed by atoms with Crippen molar-refractivity contribution < 1.29 is 24.1 Å². The maximum absolute atomic E-state index is 12.3. The molecule has 0 aliphatic heterocycles. The van der Waals surface area contributed by atoms with Gasteiger partial charge in [0.05, 0.1) is 21.3 Å². The SMILES string of the molecule is COc1ccc(CCC(=O)c2ccc(OC)c(OC)c2)cc1O. The lowest BCUT2D eigenvalue weighted by Gasteiger charge is -2.09. The summed E-state index contributed by atoms with van der Waals surface area (Å²) in [6, 6.07) is 10.2. The topological polar surface area (TPSA) is 65.0 Å². The molecule has 0 spiro atoms. The van der Waals surface area contributed by atoms with Crippen LogP contribution in [0.2, 0.25) is 0 Å². The Labute approximate surface area is 135 Å². The third-order valence-electron chi connectivity index (χ3n) is 3.59. The fourth-order valence-electron chi connectivity index (χ4n) is 2.30. The number of ether oxygens (including phenoxy) is 3. The van der Waals surface area contributed by atoms with Gasteiger partial charge in [0.1, 0.15) is 0 Å². The molecule has 0 saturated carbocycles. The van der Waals surface area contributed by atoms with Gasteiger partial charge in [-0.15, -0.1) is 0 Å². The lowest BCUT2D eigenvalue weighted by molar-refractivity contribution is 0.0982. The highest BCUT2D eigenvalue weighted by Crippen LogP contribution is 2.29. The molecule has 0 unspecified atom stereocenters. The predicted molar refractivity (Wildman–Crippen MR) is 86.9 cm³/mol. The van der Waals surface area contributed by atoms with Gasteiger partial charge in [-0.2, -0.15) is 0 Å². The van der Waals surface area contributed by atoms with E-state index in [9.17, 15) is 9.90 Å². The van der Waals surface area contributed by atoms with Crippen LogP contribution in [0.1, 0.15) is 22.3 Å². The molecule has 23 heavy (non-hydrogen) atoms. The lowest BCUT2D eigenvalue weighted by Crippen LogP contribution is -2.02. The number of carbonyl (C=O) groups is 1. The van der Waals surface area contributed by atoms with E-state index in [0.717, 1.165) is 5.56 Å². The van der Waals surface area contributed by atoms with Crippen molar-refractivity contribution in [3.8, 4) is 23.0 Å². The quantitative estimate of drug-likeness (QED) is 0.794. The van der Waals surface area contributed by atoms with Crippen LogP contribution in [0.25, 0.3) is 0 Å². The predicted octanol–water partition coefficient (Wildman–Crippen LogP) is 3.23. The summed E-state index contributed by atoms with van der Waals surface area (Å²) in [5.74, 6) is 1.61. The maximum atomic E-state index is 12.3. The first-order chi connectivity index (χ1) is 11.1. The first-order valence-electron chi connectivity index (χ1n) is 7.20. The largest absolute Gasteiger partial charge is 0.504 e. The number of carbonyl (C=O) groups excluding carboxylic acids is 1. The third-order valence-corrected chi connectivity index (χ3v) is 3.59. The zero-order valence-electron chi connectivity index (χ0n) is 13.5. The first kappa shape index (κ1) is 16.7. The Morgan fingerprint density at radius 3 is 2.17 bits per heavy atom. The van der Waals surface area contributed by atoms with Gasteiger partial charge in [-0.25, -0.2) is 0 Å². The molecule has 0 fully saturated rings. The molecule has 0 aliphatic carbocycles. The molecule has 5 heteroatoms. The summed E-state index contributed by atoms with van der Waals surface area (Å²) in [6.07, 6.45) is 0.867. The molecule has 0 heterocycles. The van der Waals surface area contributed by atoms with Gasteiger partial charge in [0.25, 0.3) is 0 Å². The molecule has 0 radical (unpaired) electrons. The zero-order valence-corrected chi connectivity index (χ0v) is 13.5. The molecule has 0 saturated heterocycles. The van der Waals surface area contributed by atoms with E-state index in [-0.39, 0.29) is 11.5 Å². The smallest absolute Gasteiger partial charge is 0.163 e. The summed E-state index contributed by atoms with van der Waals surface area (Å²) in [6.45, 7) is 0. The Hall–Kier alpha value is -2.69. The van der Waals surface area contributed by atoms with E-state index >= 15 is 0 Å². The average molecular weight is 316 g/mol. The number of Topliss-reactive ketones (excluding diaryl/α,β-unsaturated/α-hetero) is 1. The molecular weight excluding hydrogens is 296 g/mol. The summed E-state index contributed by atoms with van der Waals surface area (Å²) in [5, 5.41) is 9.76. The Kier molecular flexibility index (Phi) is 5.46. The minimum absolute atomic E-state index is 0.00117. The molecule has 0 atom stereocenters. The minimum atomic E-state index is 0.00117. The Bertz CT molecular complexity index is 694. The molecule has 0 amide bonds. The second kappa shape index (κ2) is 7.54. The van der Waals surface area contributed by atoms with Crippen LogP contribution in [0.15, 0.2) is 36.4 Å². The molecule has 2 aromatic carbocycles. The molecule has 5 nitrogen and oxygen atoms in total. The number of hydrogen-bond donors (Lipinski definition) is 1. The fourth-order valence-corrected chi connectivity index (χ4v) is 2.30. The number of aryl methyl sites for hydroxylation is 1. The zero-order chi connectivity index (χ0) is 16.8. The molecule has 2 aromatic rings. The van der Waals surface area contributed by atoms with Crippen molar-refractivity contribution in [1.29, 1.82) is 0 Å². The summed E-state index contributed by atoms with van der Waals surface area (Å²) < 4.78 is 15.4. The van der Waals surface area contributed by atoms with Crippen LogP contribution in [0, 0.1) is 0 Å². The number of hydrogen-bond acceptors (Lipinski definition) is 5. The van der Waals surface area contributed by atoms with Crippen LogP contribution in [0.4, 0.5) is 0 Å². The van der Waals surface area contributed by atoms with Gasteiger partial charge in [0.15, 0.2) is 28.8 Å². The second-order valence-corrected chi connectivity index (χ2v) is 5.00. The van der Waals surface area contributed by atoms with Crippen LogP contribution in [0.3, 0.4) is 0 Å². The van der Waals surface area contributed by atoms with Crippen LogP contribution >= 0.6 is 0 Å². The van der Waals surface area contributed by atoms with Gasteiger partial charge in [-0.3, -0.25) is 4.79 Å². The number of ketones is 1. The number of methoxy groups -OCH3 is 3. The van der Waals surface area contributed by atoms with E-state index in [4.69, 9.17) is 14.2 Å². The highest BCUT2D eigenvalue weighted by Gasteiger charge is 2.11. The average Bonchev–Trinajstić information content (AvgIpc) is 2.59. The summed E-state index contributed by atoms with van der Waals surface area (Å²) >= 11 is 0. The van der Waals surface area contributed by atoms with Gasteiger partial charge >= 0.3 is 0 Å². The Balaban J connectivity index is 2.06. The van der Waals surface area contributed by atoms with Crippen molar-refractivity contribution in [2.24, 2.45) is 0 Å². The van der Waals surface area contributed by atoms with E-state index in [1.54, 1.807) is 37.4 Å². The fraction of sp³-hybridized carbons (Fsp3) is 0.278. The highest BCUT2D eigenvalue weighted by molar-refractivity contribution is 5.96. The van der Waals surface area contributed by atoms with Crippen molar-refractivity contribution in [2.45, 2.75) is 12.8 Å². The normalized spacial score (nSPS) is 10.2. The van der Waals surface area contributed by atoms with Gasteiger partial charge in [0.2, 0.25) is 0 Å². The van der Waals surface area contributed by atoms with Crippen molar-refractivity contribution in [3.63, 3.8) is 0 Å². The van der Waals surface area contributed by atoms with E-state index in [0.29, 0.717) is 35.7 Å². The highest BCUT2D eigenvalue weighted by atomic mass is 16.5. The lowest BCUT2D eigenvalue weighted by atomic mass is 10.0. The van der Waals surface area contributed by atoms with Crippen molar-refractivity contribution in [2.75, 3.05) is 21.3 Å². The summed E-state index contributed by atoms with van der Waals surface area (Å²) in [4.78, 5) is 12.3. The molecule has 122 valence electrons. The Morgan fingerprint density at radius 1 is 0.913 bits per heavy atom. The first-order valence-corrected chi connectivity index (χ1v) is 7.20. The summed E-state index contributed by atoms with van der Waals surface area (Å²) in [5.41, 5.74) is 1.44. The van der Waals surface area contributed by atoms with E-state index < -0.39 is 0 Å². The summed E-state index contributed by atoms with van der Waals surface area (Å²) in [7, 11) is 4.58. The van der Waals surface area contributed by atoms with E-state index in [1.807, 2.05) is 6.07 Å². The van der Waals surface area contributed by atoms with Gasteiger partial charge in [-0.05, 0) is 42.3 Å². The Morgan fingerprint density at radius 2 is 1.57 bits per heavy atom. The molecule has 0 aromatic heterocycles. The maximum Gasteiger partial charge on any atom is 0.163 e. The number of rotatable bonds is 7. The van der Waals surface area contributed by atoms with Crippen LogP contribution < -0.4 is 14.2 Å². The number of phenols is 1.